The van der Waals surface area contributed by atoms with Gasteiger partial charge in [-0.2, -0.15) is 5.84 Å². The maximum atomic E-state index is 10.5. The third kappa shape index (κ3) is 6.00. The van der Waals surface area contributed by atoms with E-state index in [2.05, 4.69) is 13.8 Å². The lowest BCUT2D eigenvalue weighted by atomic mass is 10.2. The number of rotatable bonds is 3. The Morgan fingerprint density at radius 3 is 2.00 bits per heavy atom. The van der Waals surface area contributed by atoms with Crippen molar-refractivity contribution in [2.75, 3.05) is 13.1 Å². The summed E-state index contributed by atoms with van der Waals surface area (Å²) < 4.78 is 0. The molecular weight excluding hydrogens is 208 g/mol. The summed E-state index contributed by atoms with van der Waals surface area (Å²) in [4.78, 5) is 10.2. The van der Waals surface area contributed by atoms with Gasteiger partial charge in [-0.25, -0.2) is 4.79 Å². The number of hydrogen-bond acceptors (Lipinski definition) is 3. The summed E-state index contributed by atoms with van der Waals surface area (Å²) >= 11 is 0. The lowest BCUT2D eigenvalue weighted by molar-refractivity contribution is -0.908. The molecule has 1 aromatic carbocycles. The van der Waals surface area contributed by atoms with E-state index in [1.54, 1.807) is 0 Å². The fraction of sp³-hybridized carbons (Fsp3) is 0.364. The number of quaternary nitrogens is 1. The molecule has 5 heteroatoms. The Labute approximate surface area is 95.1 Å². The van der Waals surface area contributed by atoms with E-state index in [9.17, 15) is 9.90 Å². The molecule has 1 rings (SSSR count). The van der Waals surface area contributed by atoms with Crippen LogP contribution in [-0.2, 0) is 0 Å². The van der Waals surface area contributed by atoms with E-state index in [1.165, 1.54) is 24.3 Å². The summed E-state index contributed by atoms with van der Waals surface area (Å²) in [5.41, 5.74) is 0.139. The van der Waals surface area contributed by atoms with Crippen LogP contribution in [0.2, 0.25) is 0 Å². The van der Waals surface area contributed by atoms with E-state index in [0.717, 1.165) is 18.1 Å². The van der Waals surface area contributed by atoms with Crippen LogP contribution in [0.5, 0.6) is 5.75 Å². The predicted molar refractivity (Wildman–Crippen MR) is 59.1 cm³/mol. The van der Waals surface area contributed by atoms with Crippen molar-refractivity contribution >= 4 is 5.97 Å². The molecule has 16 heavy (non-hydrogen) atoms. The zero-order valence-corrected chi connectivity index (χ0v) is 9.56. The quantitative estimate of drug-likeness (QED) is 0.467. The van der Waals surface area contributed by atoms with Gasteiger partial charge in [0, 0.05) is 0 Å². The molecule has 0 saturated carbocycles. The van der Waals surface area contributed by atoms with E-state index in [-0.39, 0.29) is 11.3 Å². The van der Waals surface area contributed by atoms with Crippen LogP contribution in [0.3, 0.4) is 0 Å². The second kappa shape index (κ2) is 7.67. The van der Waals surface area contributed by atoms with Gasteiger partial charge in [-0.3, -0.25) is 5.01 Å². The van der Waals surface area contributed by atoms with Crippen LogP contribution in [0.15, 0.2) is 24.3 Å². The molecular formula is C11H18N2O3. The summed E-state index contributed by atoms with van der Waals surface area (Å²) in [5.74, 6) is 4.20. The summed E-state index contributed by atoms with van der Waals surface area (Å²) in [6.07, 6.45) is 0. The lowest BCUT2D eigenvalue weighted by Crippen LogP contribution is -3.17. The predicted octanol–water partition coefficient (Wildman–Crippen LogP) is -0.757. The highest BCUT2D eigenvalue weighted by Crippen LogP contribution is 2.05. The van der Waals surface area contributed by atoms with Gasteiger partial charge in [-0.1, -0.05) is 12.1 Å². The van der Waals surface area contributed by atoms with Crippen molar-refractivity contribution < 1.29 is 20.0 Å². The monoisotopic (exact) mass is 226 g/mol. The Bertz CT molecular complexity index is 308. The van der Waals surface area contributed by atoms with Crippen LogP contribution in [0.1, 0.15) is 24.2 Å². The highest BCUT2D eigenvalue weighted by molar-refractivity contribution is 5.87. The Balaban J connectivity index is 0.000000325. The topological polar surface area (TPSA) is 90.8 Å². The number of hydrogen-bond donors (Lipinski definition) is 3. The summed E-state index contributed by atoms with van der Waals surface area (Å²) in [6.45, 7) is 6.19. The number of nitrogens with two attached hydrogens (primary N) is 1. The number of carbonyl (C=O) groups is 1. The average Bonchev–Trinajstić information content (AvgIpc) is 2.29. The molecule has 0 bridgehead atoms. The van der Waals surface area contributed by atoms with Crippen molar-refractivity contribution in [3.63, 3.8) is 0 Å². The average molecular weight is 226 g/mol. The van der Waals surface area contributed by atoms with Crippen molar-refractivity contribution in [3.05, 3.63) is 29.8 Å². The molecule has 0 amide bonds. The number of benzene rings is 1. The summed E-state index contributed by atoms with van der Waals surface area (Å²) in [6, 6.07) is 5.02. The number of aromatic carboxylic acids is 1. The molecule has 4 N–H and O–H groups in total. The molecule has 0 atom stereocenters. The molecule has 5 nitrogen and oxygen atoms in total. The van der Waals surface area contributed by atoms with E-state index in [4.69, 9.17) is 10.9 Å². The van der Waals surface area contributed by atoms with Crippen molar-refractivity contribution in [2.45, 2.75) is 13.8 Å². The normalized spacial score (nSPS) is 9.50. The molecule has 0 aliphatic heterocycles. The van der Waals surface area contributed by atoms with Gasteiger partial charge in [-0.05, 0) is 26.0 Å². The fourth-order valence-electron chi connectivity index (χ4n) is 0.848. The number of nitrogens with one attached hydrogen (secondary N) is 1. The van der Waals surface area contributed by atoms with Gasteiger partial charge in [-0.15, -0.1) is 5.75 Å². The summed E-state index contributed by atoms with van der Waals surface area (Å²) in [7, 11) is 0. The van der Waals surface area contributed by atoms with Crippen LogP contribution >= 0.6 is 0 Å². The third-order valence-electron chi connectivity index (χ3n) is 2.01. The zero-order chi connectivity index (χ0) is 12.6. The third-order valence-corrected chi connectivity index (χ3v) is 2.01. The molecule has 0 aliphatic carbocycles. The molecule has 0 aliphatic rings. The van der Waals surface area contributed by atoms with Crippen LogP contribution in [-0.4, -0.2) is 24.2 Å². The molecule has 90 valence electrons. The second-order valence-electron chi connectivity index (χ2n) is 3.19. The van der Waals surface area contributed by atoms with Gasteiger partial charge < -0.3 is 10.2 Å². The maximum absolute atomic E-state index is 10.5. The van der Waals surface area contributed by atoms with Crippen molar-refractivity contribution in [1.29, 1.82) is 0 Å². The first kappa shape index (κ1) is 14.4. The van der Waals surface area contributed by atoms with Gasteiger partial charge in [0.05, 0.1) is 18.7 Å². The Hall–Kier alpha value is -1.59. The second-order valence-corrected chi connectivity index (χ2v) is 3.19. The highest BCUT2D eigenvalue weighted by atomic mass is 16.4. The van der Waals surface area contributed by atoms with E-state index in [1.807, 2.05) is 0 Å². The van der Waals surface area contributed by atoms with Gasteiger partial charge in [0.1, 0.15) is 0 Å². The van der Waals surface area contributed by atoms with Gasteiger partial charge in [0.2, 0.25) is 0 Å². The summed E-state index contributed by atoms with van der Waals surface area (Å²) in [5, 5.41) is 19.9. The first-order valence-electron chi connectivity index (χ1n) is 5.11. The first-order chi connectivity index (χ1) is 7.51. The lowest BCUT2D eigenvalue weighted by Gasteiger charge is -2.03. The molecule has 0 fully saturated rings. The largest absolute Gasteiger partial charge is 0.872 e. The van der Waals surface area contributed by atoms with Crippen molar-refractivity contribution in [3.8, 4) is 5.75 Å². The minimum absolute atomic E-state index is 0.139. The van der Waals surface area contributed by atoms with E-state index < -0.39 is 5.97 Å². The molecule has 0 saturated heterocycles. The minimum Gasteiger partial charge on any atom is -0.872 e. The molecule has 0 unspecified atom stereocenters. The molecule has 0 aromatic heterocycles. The van der Waals surface area contributed by atoms with Crippen LogP contribution in [0.4, 0.5) is 0 Å². The maximum Gasteiger partial charge on any atom is 0.335 e. The molecule has 0 spiro atoms. The van der Waals surface area contributed by atoms with Crippen LogP contribution < -0.4 is 16.0 Å². The Kier molecular flexibility index (Phi) is 6.91. The fourth-order valence-corrected chi connectivity index (χ4v) is 0.848. The smallest absolute Gasteiger partial charge is 0.335 e. The zero-order valence-electron chi connectivity index (χ0n) is 9.56. The van der Waals surface area contributed by atoms with Crippen LogP contribution in [0.25, 0.3) is 0 Å². The van der Waals surface area contributed by atoms with Crippen molar-refractivity contribution in [1.82, 2.24) is 0 Å². The van der Waals surface area contributed by atoms with Gasteiger partial charge >= 0.3 is 5.97 Å². The van der Waals surface area contributed by atoms with E-state index in [0.29, 0.717) is 0 Å². The first-order valence-corrected chi connectivity index (χ1v) is 5.11. The van der Waals surface area contributed by atoms with Crippen LogP contribution in [0, 0.1) is 0 Å². The Morgan fingerprint density at radius 1 is 1.31 bits per heavy atom. The Morgan fingerprint density at radius 2 is 1.75 bits per heavy atom. The minimum atomic E-state index is -1.01. The number of carboxylic acid groups (broad SMARTS) is 1. The standard InChI is InChI=1S/C7H6O3.C4H12N2/c8-6-3-1-5(2-4-6)7(9)10;1-3-6(5)4-2/h1-4,8H,(H,9,10);3-5H2,1-2H3. The molecule has 0 heterocycles. The van der Waals surface area contributed by atoms with E-state index >= 15 is 0 Å². The highest BCUT2D eigenvalue weighted by Gasteiger charge is 1.97. The molecule has 0 radical (unpaired) electrons. The van der Waals surface area contributed by atoms with Gasteiger partial charge in [0.15, 0.2) is 0 Å². The molecule has 1 aromatic rings. The van der Waals surface area contributed by atoms with Crippen molar-refractivity contribution in [2.24, 2.45) is 5.84 Å². The number of carboxylic acids is 1. The van der Waals surface area contributed by atoms with Gasteiger partial charge in [0.25, 0.3) is 0 Å². The SMILES string of the molecule is CC[NH+](N)CC.O=C(O)c1ccc([O-])cc1.